The summed E-state index contributed by atoms with van der Waals surface area (Å²) in [6.07, 6.45) is 0.768. The number of nitrogen functional groups attached to an aromatic ring is 1. The molecular formula is C13H21N5O. The Balaban J connectivity index is 2.26. The lowest BCUT2D eigenvalue weighted by Gasteiger charge is -2.22. The van der Waals surface area contributed by atoms with Gasteiger partial charge in [-0.15, -0.1) is 0 Å². The molecule has 4 N–H and O–H groups in total. The summed E-state index contributed by atoms with van der Waals surface area (Å²) in [6, 6.07) is 1.75. The van der Waals surface area contributed by atoms with Gasteiger partial charge >= 0.3 is 0 Å². The SMILES string of the molecule is CC(C)(C)c1nc(N)cc(N2CCC(C(N)=O)C2)n1. The second-order valence-corrected chi connectivity index (χ2v) is 6.06. The van der Waals surface area contributed by atoms with Crippen LogP contribution in [-0.4, -0.2) is 29.0 Å². The Morgan fingerprint density at radius 1 is 1.42 bits per heavy atom. The highest BCUT2D eigenvalue weighted by molar-refractivity contribution is 5.78. The summed E-state index contributed by atoms with van der Waals surface area (Å²) in [6.45, 7) is 7.51. The highest BCUT2D eigenvalue weighted by Crippen LogP contribution is 2.26. The van der Waals surface area contributed by atoms with Crippen LogP contribution < -0.4 is 16.4 Å². The molecule has 1 amide bonds. The van der Waals surface area contributed by atoms with Crippen LogP contribution in [0.1, 0.15) is 33.0 Å². The predicted octanol–water partition coefficient (Wildman–Crippen LogP) is 0.668. The number of rotatable bonds is 2. The van der Waals surface area contributed by atoms with Crippen molar-refractivity contribution in [1.82, 2.24) is 9.97 Å². The number of aromatic nitrogens is 2. The van der Waals surface area contributed by atoms with Gasteiger partial charge in [0, 0.05) is 24.6 Å². The van der Waals surface area contributed by atoms with Crippen molar-refractivity contribution in [3.05, 3.63) is 11.9 Å². The smallest absolute Gasteiger partial charge is 0.222 e. The van der Waals surface area contributed by atoms with Crippen molar-refractivity contribution in [2.24, 2.45) is 11.7 Å². The zero-order valence-electron chi connectivity index (χ0n) is 11.7. The zero-order valence-corrected chi connectivity index (χ0v) is 11.7. The molecule has 1 saturated heterocycles. The summed E-state index contributed by atoms with van der Waals surface area (Å²) in [4.78, 5) is 22.1. The van der Waals surface area contributed by atoms with Crippen molar-refractivity contribution in [3.63, 3.8) is 0 Å². The maximum atomic E-state index is 11.2. The maximum absolute atomic E-state index is 11.2. The van der Waals surface area contributed by atoms with Gasteiger partial charge in [-0.3, -0.25) is 4.79 Å². The Morgan fingerprint density at radius 3 is 2.63 bits per heavy atom. The normalized spacial score (nSPS) is 19.7. The number of nitrogens with zero attached hydrogens (tertiary/aromatic N) is 3. The van der Waals surface area contributed by atoms with Crippen molar-refractivity contribution >= 4 is 17.5 Å². The molecule has 19 heavy (non-hydrogen) atoms. The monoisotopic (exact) mass is 263 g/mol. The molecule has 1 fully saturated rings. The Morgan fingerprint density at radius 2 is 2.11 bits per heavy atom. The largest absolute Gasteiger partial charge is 0.384 e. The van der Waals surface area contributed by atoms with Crippen LogP contribution in [0.15, 0.2) is 6.07 Å². The lowest BCUT2D eigenvalue weighted by Crippen LogP contribution is -2.28. The van der Waals surface area contributed by atoms with E-state index < -0.39 is 0 Å². The first kappa shape index (κ1) is 13.6. The standard InChI is InChI=1S/C13H21N5O/c1-13(2,3)12-16-9(14)6-10(17-12)18-5-4-8(7-18)11(15)19/h6,8H,4-5,7H2,1-3H3,(H2,15,19)(H2,14,16,17). The van der Waals surface area contributed by atoms with E-state index in [2.05, 4.69) is 9.97 Å². The Kier molecular flexibility index (Phi) is 3.34. The van der Waals surface area contributed by atoms with Gasteiger partial charge in [0.1, 0.15) is 17.5 Å². The third-order valence-electron chi connectivity index (χ3n) is 3.32. The lowest BCUT2D eigenvalue weighted by molar-refractivity contribution is -0.121. The van der Waals surface area contributed by atoms with Gasteiger partial charge < -0.3 is 16.4 Å². The van der Waals surface area contributed by atoms with Crippen molar-refractivity contribution in [2.45, 2.75) is 32.6 Å². The number of amides is 1. The molecule has 6 heteroatoms. The van der Waals surface area contributed by atoms with Gasteiger partial charge in [-0.1, -0.05) is 20.8 Å². The minimum Gasteiger partial charge on any atom is -0.384 e. The second-order valence-electron chi connectivity index (χ2n) is 6.06. The van der Waals surface area contributed by atoms with Gasteiger partial charge in [-0.2, -0.15) is 0 Å². The van der Waals surface area contributed by atoms with Gasteiger partial charge in [0.05, 0.1) is 5.92 Å². The molecule has 1 aliphatic heterocycles. The summed E-state index contributed by atoms with van der Waals surface area (Å²) >= 11 is 0. The van der Waals surface area contributed by atoms with E-state index in [4.69, 9.17) is 11.5 Å². The van der Waals surface area contributed by atoms with Crippen LogP contribution in [0.4, 0.5) is 11.6 Å². The third-order valence-corrected chi connectivity index (χ3v) is 3.32. The molecule has 1 aromatic heterocycles. The molecule has 0 radical (unpaired) electrons. The first-order valence-electron chi connectivity index (χ1n) is 6.46. The number of nitrogens with two attached hydrogens (primary N) is 2. The molecule has 1 unspecified atom stereocenters. The molecule has 0 saturated carbocycles. The fourth-order valence-corrected chi connectivity index (χ4v) is 2.15. The Hall–Kier alpha value is -1.85. The van der Waals surface area contributed by atoms with E-state index in [1.807, 2.05) is 25.7 Å². The average Bonchev–Trinajstić information content (AvgIpc) is 2.76. The molecule has 104 valence electrons. The first-order chi connectivity index (χ1) is 8.77. The van der Waals surface area contributed by atoms with Crippen molar-refractivity contribution in [2.75, 3.05) is 23.7 Å². The summed E-state index contributed by atoms with van der Waals surface area (Å²) in [5.41, 5.74) is 11.0. The Bertz CT molecular complexity index is 494. The molecule has 2 heterocycles. The van der Waals surface area contributed by atoms with E-state index in [1.165, 1.54) is 0 Å². The average molecular weight is 263 g/mol. The Labute approximate surface area is 113 Å². The van der Waals surface area contributed by atoms with Crippen LogP contribution in [0, 0.1) is 5.92 Å². The van der Waals surface area contributed by atoms with Gasteiger partial charge in [-0.05, 0) is 6.42 Å². The van der Waals surface area contributed by atoms with Gasteiger partial charge in [0.2, 0.25) is 5.91 Å². The number of anilines is 2. The maximum Gasteiger partial charge on any atom is 0.222 e. The summed E-state index contributed by atoms with van der Waals surface area (Å²) in [7, 11) is 0. The first-order valence-corrected chi connectivity index (χ1v) is 6.46. The number of primary amides is 1. The van der Waals surface area contributed by atoms with E-state index in [1.54, 1.807) is 6.07 Å². The minimum absolute atomic E-state index is 0.103. The van der Waals surface area contributed by atoms with Crippen molar-refractivity contribution < 1.29 is 4.79 Å². The van der Waals surface area contributed by atoms with E-state index >= 15 is 0 Å². The number of carbonyl (C=O) groups excluding carboxylic acids is 1. The minimum atomic E-state index is -0.249. The molecule has 2 rings (SSSR count). The third kappa shape index (κ3) is 2.94. The fourth-order valence-electron chi connectivity index (χ4n) is 2.15. The van der Waals surface area contributed by atoms with Crippen LogP contribution in [-0.2, 0) is 10.2 Å². The van der Waals surface area contributed by atoms with Crippen LogP contribution in [0.5, 0.6) is 0 Å². The van der Waals surface area contributed by atoms with Crippen molar-refractivity contribution in [3.8, 4) is 0 Å². The zero-order chi connectivity index (χ0) is 14.2. The molecule has 0 aliphatic carbocycles. The molecule has 1 aliphatic rings. The molecular weight excluding hydrogens is 242 g/mol. The number of hydrogen-bond acceptors (Lipinski definition) is 5. The fraction of sp³-hybridized carbons (Fsp3) is 0.615. The highest BCUT2D eigenvalue weighted by atomic mass is 16.1. The molecule has 1 atom stereocenters. The van der Waals surface area contributed by atoms with Crippen LogP contribution >= 0.6 is 0 Å². The molecule has 1 aromatic rings. The van der Waals surface area contributed by atoms with Crippen LogP contribution in [0.3, 0.4) is 0 Å². The molecule has 0 aromatic carbocycles. The summed E-state index contributed by atoms with van der Waals surface area (Å²) in [5, 5.41) is 0. The number of carbonyl (C=O) groups is 1. The number of hydrogen-bond donors (Lipinski definition) is 2. The quantitative estimate of drug-likeness (QED) is 0.817. The molecule has 0 bridgehead atoms. The van der Waals surface area contributed by atoms with E-state index in [0.29, 0.717) is 18.2 Å². The molecule has 6 nitrogen and oxygen atoms in total. The summed E-state index contributed by atoms with van der Waals surface area (Å²) in [5.74, 6) is 1.60. The van der Waals surface area contributed by atoms with Gasteiger partial charge in [0.25, 0.3) is 0 Å². The highest BCUT2D eigenvalue weighted by Gasteiger charge is 2.28. The van der Waals surface area contributed by atoms with Crippen LogP contribution in [0.2, 0.25) is 0 Å². The van der Waals surface area contributed by atoms with Gasteiger partial charge in [-0.25, -0.2) is 9.97 Å². The van der Waals surface area contributed by atoms with E-state index in [9.17, 15) is 4.79 Å². The second kappa shape index (κ2) is 4.68. The van der Waals surface area contributed by atoms with E-state index in [0.717, 1.165) is 18.8 Å². The summed E-state index contributed by atoms with van der Waals surface area (Å²) < 4.78 is 0. The van der Waals surface area contributed by atoms with Gasteiger partial charge in [0.15, 0.2) is 0 Å². The van der Waals surface area contributed by atoms with Crippen molar-refractivity contribution in [1.29, 1.82) is 0 Å². The molecule has 0 spiro atoms. The van der Waals surface area contributed by atoms with Crippen LogP contribution in [0.25, 0.3) is 0 Å². The van der Waals surface area contributed by atoms with E-state index in [-0.39, 0.29) is 17.2 Å². The topological polar surface area (TPSA) is 98.1 Å². The lowest BCUT2D eigenvalue weighted by atomic mass is 9.96. The predicted molar refractivity (Wildman–Crippen MR) is 74.7 cm³/mol.